The summed E-state index contributed by atoms with van der Waals surface area (Å²) in [5.74, 6) is -6.33. The number of nitrogens with zero attached hydrogens (tertiary/aromatic N) is 2. The van der Waals surface area contributed by atoms with Crippen LogP contribution in [0.5, 0.6) is 0 Å². The molecule has 0 spiro atoms. The Morgan fingerprint density at radius 3 is 2.37 bits per heavy atom. The molecule has 2 rings (SSSR count). The smallest absolute Gasteiger partial charge is 0.351 e. The van der Waals surface area contributed by atoms with Crippen LogP contribution in [0.1, 0.15) is 12.6 Å². The maximum absolute atomic E-state index is 13.7. The van der Waals surface area contributed by atoms with Gasteiger partial charge < -0.3 is 36.6 Å². The number of halogens is 2. The number of hydrogen-bond acceptors (Lipinski definition) is 9. The SMILES string of the molecule is NC(CC(=O)O)C(=O)O.Nc1ccn([C@@H]2O[C@H](CO)[C@@H](O)C2(F)F)c(=O)n1. The van der Waals surface area contributed by atoms with Gasteiger partial charge in [-0.2, -0.15) is 13.8 Å². The van der Waals surface area contributed by atoms with Gasteiger partial charge in [-0.15, -0.1) is 0 Å². The van der Waals surface area contributed by atoms with Crippen molar-refractivity contribution in [1.29, 1.82) is 0 Å². The summed E-state index contributed by atoms with van der Waals surface area (Å²) in [5.41, 5.74) is 9.05. The molecule has 1 saturated heterocycles. The maximum atomic E-state index is 13.7. The molecule has 0 bridgehead atoms. The van der Waals surface area contributed by atoms with E-state index in [0.29, 0.717) is 4.57 Å². The Balaban J connectivity index is 0.000000345. The van der Waals surface area contributed by atoms with Crippen molar-refractivity contribution < 1.29 is 43.5 Å². The summed E-state index contributed by atoms with van der Waals surface area (Å²) in [4.78, 5) is 34.3. The second kappa shape index (κ2) is 8.81. The van der Waals surface area contributed by atoms with Gasteiger partial charge in [0, 0.05) is 6.20 Å². The highest BCUT2D eigenvalue weighted by atomic mass is 19.3. The highest BCUT2D eigenvalue weighted by Gasteiger charge is 2.59. The minimum Gasteiger partial charge on any atom is -0.481 e. The van der Waals surface area contributed by atoms with Crippen molar-refractivity contribution in [3.63, 3.8) is 0 Å². The molecule has 0 aliphatic carbocycles. The van der Waals surface area contributed by atoms with Crippen LogP contribution in [-0.2, 0) is 14.3 Å². The standard InChI is InChI=1S/C9H11F2N3O4.C4H7NO4/c10-9(11)6(16)4(3-15)18-7(9)14-2-1-5(12)13-8(14)17;5-2(4(8)9)1-3(6)7/h1-2,4,6-7,15-16H,3H2,(H2,12,13,17);2H,1,5H2,(H,6,7)(H,8,9)/t4-,6-,7-;/m1./s1. The first-order valence-corrected chi connectivity index (χ1v) is 7.28. The number of ether oxygens (including phenoxy) is 1. The number of nitrogens with two attached hydrogens (primary N) is 2. The van der Waals surface area contributed by atoms with Gasteiger partial charge in [0.15, 0.2) is 6.10 Å². The fourth-order valence-corrected chi connectivity index (χ4v) is 2.00. The number of carboxylic acids is 2. The molecule has 1 fully saturated rings. The summed E-state index contributed by atoms with van der Waals surface area (Å²) in [6.07, 6.45) is -5.22. The number of nitrogen functional groups attached to an aromatic ring is 1. The molecule has 0 saturated carbocycles. The number of aliphatic carboxylic acids is 2. The minimum atomic E-state index is -3.71. The van der Waals surface area contributed by atoms with Gasteiger partial charge in [0.25, 0.3) is 0 Å². The molecule has 152 valence electrons. The van der Waals surface area contributed by atoms with Gasteiger partial charge in [-0.3, -0.25) is 14.2 Å². The fraction of sp³-hybridized carbons (Fsp3) is 0.538. The van der Waals surface area contributed by atoms with Gasteiger partial charge >= 0.3 is 23.6 Å². The van der Waals surface area contributed by atoms with Crippen LogP contribution in [0.4, 0.5) is 14.6 Å². The molecule has 2 heterocycles. The summed E-state index contributed by atoms with van der Waals surface area (Å²) in [7, 11) is 0. The van der Waals surface area contributed by atoms with Crippen LogP contribution in [0.2, 0.25) is 0 Å². The molecule has 14 heteroatoms. The molecule has 8 N–H and O–H groups in total. The molecule has 12 nitrogen and oxygen atoms in total. The van der Waals surface area contributed by atoms with Gasteiger partial charge in [0.2, 0.25) is 6.23 Å². The number of hydrogen-bond donors (Lipinski definition) is 6. The van der Waals surface area contributed by atoms with E-state index in [4.69, 9.17) is 31.5 Å². The Labute approximate surface area is 149 Å². The van der Waals surface area contributed by atoms with E-state index in [-0.39, 0.29) is 5.82 Å². The molecule has 1 aromatic rings. The summed E-state index contributed by atoms with van der Waals surface area (Å²) >= 11 is 0. The minimum absolute atomic E-state index is 0.114. The first-order chi connectivity index (χ1) is 12.4. The summed E-state index contributed by atoms with van der Waals surface area (Å²) in [6.45, 7) is -0.787. The number of aliphatic hydroxyl groups is 2. The molecular weight excluding hydrogens is 378 g/mol. The predicted octanol–water partition coefficient (Wildman–Crippen LogP) is -2.42. The van der Waals surface area contributed by atoms with E-state index in [2.05, 4.69) is 4.98 Å². The zero-order valence-electron chi connectivity index (χ0n) is 13.6. The van der Waals surface area contributed by atoms with Crippen molar-refractivity contribution >= 4 is 17.8 Å². The van der Waals surface area contributed by atoms with Crippen LogP contribution in [0.15, 0.2) is 17.1 Å². The van der Waals surface area contributed by atoms with Crippen molar-refractivity contribution in [2.45, 2.75) is 36.8 Å². The lowest BCUT2D eigenvalue weighted by atomic mass is 10.1. The molecule has 0 aromatic carbocycles. The topological polar surface area (TPSA) is 211 Å². The highest BCUT2D eigenvalue weighted by Crippen LogP contribution is 2.41. The van der Waals surface area contributed by atoms with E-state index in [1.807, 2.05) is 0 Å². The molecular formula is C13H18F2N4O8. The van der Waals surface area contributed by atoms with E-state index < -0.39 is 61.1 Å². The van der Waals surface area contributed by atoms with E-state index in [1.165, 1.54) is 0 Å². The zero-order chi connectivity index (χ0) is 20.9. The Kier molecular flexibility index (Phi) is 7.29. The lowest BCUT2D eigenvalue weighted by Crippen LogP contribution is -2.41. The molecule has 27 heavy (non-hydrogen) atoms. The van der Waals surface area contributed by atoms with E-state index >= 15 is 0 Å². The largest absolute Gasteiger partial charge is 0.481 e. The second-order valence-corrected chi connectivity index (χ2v) is 5.41. The number of rotatable bonds is 5. The van der Waals surface area contributed by atoms with Crippen molar-refractivity contribution in [3.8, 4) is 0 Å². The third kappa shape index (κ3) is 5.40. The van der Waals surface area contributed by atoms with Crippen LogP contribution in [0.25, 0.3) is 0 Å². The van der Waals surface area contributed by atoms with Gasteiger partial charge in [0.1, 0.15) is 18.0 Å². The molecule has 1 aliphatic rings. The van der Waals surface area contributed by atoms with Crippen LogP contribution in [0.3, 0.4) is 0 Å². The highest BCUT2D eigenvalue weighted by molar-refractivity contribution is 5.80. The lowest BCUT2D eigenvalue weighted by molar-refractivity contribution is -0.144. The molecule has 1 aliphatic heterocycles. The molecule has 0 amide bonds. The number of carbonyl (C=O) groups is 2. The van der Waals surface area contributed by atoms with E-state index in [9.17, 15) is 28.3 Å². The van der Waals surface area contributed by atoms with Crippen molar-refractivity contribution in [3.05, 3.63) is 22.7 Å². The maximum Gasteiger partial charge on any atom is 0.351 e. The Morgan fingerprint density at radius 2 is 2.00 bits per heavy atom. The van der Waals surface area contributed by atoms with Gasteiger partial charge in [-0.25, -0.2) is 4.79 Å². The monoisotopic (exact) mass is 396 g/mol. The van der Waals surface area contributed by atoms with Crippen LogP contribution in [0, 0.1) is 0 Å². The number of aromatic nitrogens is 2. The van der Waals surface area contributed by atoms with Gasteiger partial charge in [0.05, 0.1) is 13.0 Å². The molecule has 1 aromatic heterocycles. The van der Waals surface area contributed by atoms with E-state index in [0.717, 1.165) is 12.3 Å². The number of carboxylic acid groups (broad SMARTS) is 2. The summed E-state index contributed by atoms with van der Waals surface area (Å²) in [5, 5.41) is 34.1. The first kappa shape index (κ1) is 22.4. The normalized spacial score (nSPS) is 24.6. The molecule has 4 atom stereocenters. The molecule has 0 radical (unpaired) electrons. The number of aliphatic hydroxyl groups excluding tert-OH is 2. The van der Waals surface area contributed by atoms with Gasteiger partial charge in [-0.05, 0) is 6.07 Å². The Morgan fingerprint density at radius 1 is 1.41 bits per heavy atom. The zero-order valence-corrected chi connectivity index (χ0v) is 13.6. The van der Waals surface area contributed by atoms with Crippen LogP contribution in [-0.4, -0.2) is 72.7 Å². The van der Waals surface area contributed by atoms with Crippen molar-refractivity contribution in [2.24, 2.45) is 5.73 Å². The van der Waals surface area contributed by atoms with Crippen LogP contribution >= 0.6 is 0 Å². The second-order valence-electron chi connectivity index (χ2n) is 5.41. The average molecular weight is 396 g/mol. The summed E-state index contributed by atoms with van der Waals surface area (Å²) < 4.78 is 32.7. The number of alkyl halides is 2. The van der Waals surface area contributed by atoms with Crippen molar-refractivity contribution in [2.75, 3.05) is 12.3 Å². The summed E-state index contributed by atoms with van der Waals surface area (Å²) in [6, 6.07) is -0.137. The Hall–Kier alpha value is -2.68. The van der Waals surface area contributed by atoms with Crippen molar-refractivity contribution in [1.82, 2.24) is 9.55 Å². The first-order valence-electron chi connectivity index (χ1n) is 7.28. The third-order valence-corrected chi connectivity index (χ3v) is 3.38. The average Bonchev–Trinajstić information content (AvgIpc) is 2.78. The van der Waals surface area contributed by atoms with E-state index in [1.54, 1.807) is 0 Å². The lowest BCUT2D eigenvalue weighted by Gasteiger charge is -2.20. The number of anilines is 1. The fourth-order valence-electron chi connectivity index (χ4n) is 2.00. The Bertz CT molecular complexity index is 743. The van der Waals surface area contributed by atoms with Crippen LogP contribution < -0.4 is 17.2 Å². The quantitative estimate of drug-likeness (QED) is 0.308. The predicted molar refractivity (Wildman–Crippen MR) is 82.7 cm³/mol. The third-order valence-electron chi connectivity index (χ3n) is 3.38. The molecule has 1 unspecified atom stereocenters. The van der Waals surface area contributed by atoms with Gasteiger partial charge in [-0.1, -0.05) is 0 Å².